The molecular weight excluding hydrogens is 779 g/mol. The third-order valence-corrected chi connectivity index (χ3v) is 13.6. The van der Waals surface area contributed by atoms with Gasteiger partial charge in [-0.15, -0.1) is 0 Å². The number of piperidine rings is 4. The van der Waals surface area contributed by atoms with Crippen molar-refractivity contribution < 1.29 is 28.8 Å². The summed E-state index contributed by atoms with van der Waals surface area (Å²) in [5.74, 6) is -0.686. The molecular formula is C44H53N11O6. The molecule has 1 unspecified atom stereocenters. The van der Waals surface area contributed by atoms with E-state index in [1.165, 1.54) is 11.8 Å². The maximum atomic E-state index is 13.4. The smallest absolute Gasteiger partial charge is 0.320 e. The van der Waals surface area contributed by atoms with E-state index >= 15 is 0 Å². The SMILES string of the molecule is CN1CCN([C@@H]2CCCN(c3ncc(C(N)=O)c(Nc4ccc(C5CCN(CC6CCN(c7ccc8c(c7)C(=O)N(C7CCC(=O)NC7=O)C8=O)CC6)CC5)cc4)n3)C2)C1=O. The number of likely N-dealkylation sites (N-methyl/N-ethyl adjacent to an activating group) is 1. The van der Waals surface area contributed by atoms with Crippen LogP contribution >= 0.6 is 0 Å². The van der Waals surface area contributed by atoms with Crippen molar-refractivity contribution in [1.82, 2.24) is 34.9 Å². The van der Waals surface area contributed by atoms with Gasteiger partial charge in [0.1, 0.15) is 17.4 Å². The van der Waals surface area contributed by atoms with E-state index < -0.39 is 35.6 Å². The lowest BCUT2D eigenvalue weighted by Gasteiger charge is -2.38. The Morgan fingerprint density at radius 3 is 2.30 bits per heavy atom. The Kier molecular flexibility index (Phi) is 11.1. The highest BCUT2D eigenvalue weighted by Crippen LogP contribution is 2.34. The first-order chi connectivity index (χ1) is 29.5. The molecule has 6 aliphatic heterocycles. The van der Waals surface area contributed by atoms with Crippen molar-refractivity contribution in [2.75, 3.05) is 81.1 Å². The number of benzene rings is 2. The van der Waals surface area contributed by atoms with E-state index in [0.29, 0.717) is 47.8 Å². The van der Waals surface area contributed by atoms with E-state index in [2.05, 4.69) is 42.5 Å². The van der Waals surface area contributed by atoms with Crippen molar-refractivity contribution in [3.8, 4) is 0 Å². The van der Waals surface area contributed by atoms with Crippen molar-refractivity contribution >= 4 is 58.7 Å². The Hall–Kier alpha value is -6.10. The molecule has 9 rings (SSSR count). The van der Waals surface area contributed by atoms with Gasteiger partial charge in [-0.1, -0.05) is 12.1 Å². The van der Waals surface area contributed by atoms with Crippen molar-refractivity contribution in [3.05, 3.63) is 70.9 Å². The van der Waals surface area contributed by atoms with E-state index in [4.69, 9.17) is 10.7 Å². The van der Waals surface area contributed by atoms with Gasteiger partial charge >= 0.3 is 6.03 Å². The summed E-state index contributed by atoms with van der Waals surface area (Å²) in [4.78, 5) is 96.6. The highest BCUT2D eigenvalue weighted by Gasteiger charge is 2.45. The van der Waals surface area contributed by atoms with Gasteiger partial charge in [-0.05, 0) is 106 Å². The first kappa shape index (κ1) is 40.3. The summed E-state index contributed by atoms with van der Waals surface area (Å²) < 4.78 is 0. The summed E-state index contributed by atoms with van der Waals surface area (Å²) in [6.07, 6.45) is 7.75. The molecule has 0 bridgehead atoms. The van der Waals surface area contributed by atoms with E-state index in [-0.39, 0.29) is 30.5 Å². The second-order valence-electron chi connectivity index (χ2n) is 17.4. The molecule has 4 N–H and O–H groups in total. The number of anilines is 4. The topological polar surface area (TPSA) is 198 Å². The number of imide groups is 2. The fourth-order valence-electron chi connectivity index (χ4n) is 10.0. The van der Waals surface area contributed by atoms with Gasteiger partial charge < -0.3 is 35.6 Å². The number of nitrogens with one attached hydrogen (secondary N) is 2. The van der Waals surface area contributed by atoms with Crippen LogP contribution in [0.3, 0.4) is 0 Å². The normalized spacial score (nSPS) is 23.2. The average Bonchev–Trinajstić information content (AvgIpc) is 3.73. The van der Waals surface area contributed by atoms with E-state index in [1.54, 1.807) is 17.0 Å². The minimum atomic E-state index is -0.972. The Morgan fingerprint density at radius 1 is 0.836 bits per heavy atom. The van der Waals surface area contributed by atoms with Gasteiger partial charge in [0.25, 0.3) is 17.7 Å². The number of hydrogen-bond donors (Lipinski definition) is 3. The number of hydrogen-bond acceptors (Lipinski definition) is 12. The summed E-state index contributed by atoms with van der Waals surface area (Å²) in [6, 6.07) is 12.9. The first-order valence-corrected chi connectivity index (χ1v) is 21.6. The monoisotopic (exact) mass is 831 g/mol. The van der Waals surface area contributed by atoms with Crippen molar-refractivity contribution in [2.45, 2.75) is 69.4 Å². The molecule has 7 amide bonds. The van der Waals surface area contributed by atoms with Crippen LogP contribution in [0.5, 0.6) is 0 Å². The zero-order valence-corrected chi connectivity index (χ0v) is 34.6. The number of amides is 7. The third kappa shape index (κ3) is 8.10. The first-order valence-electron chi connectivity index (χ1n) is 21.6. The minimum absolute atomic E-state index is 0.0572. The Labute approximate surface area is 354 Å². The number of primary amides is 1. The number of nitrogens with zero attached hydrogens (tertiary/aromatic N) is 8. The molecule has 2 aromatic carbocycles. The van der Waals surface area contributed by atoms with Gasteiger partial charge in [0, 0.05) is 76.9 Å². The number of fused-ring (bicyclic) bond motifs is 1. The van der Waals surface area contributed by atoms with Gasteiger partial charge in [0.15, 0.2) is 0 Å². The predicted octanol–water partition coefficient (Wildman–Crippen LogP) is 3.15. The fourth-order valence-corrected chi connectivity index (χ4v) is 10.0. The predicted molar refractivity (Wildman–Crippen MR) is 227 cm³/mol. The summed E-state index contributed by atoms with van der Waals surface area (Å²) in [6.45, 7) is 7.65. The minimum Gasteiger partial charge on any atom is -0.371 e. The van der Waals surface area contributed by atoms with Crippen LogP contribution in [0.1, 0.15) is 93.9 Å². The van der Waals surface area contributed by atoms with Gasteiger partial charge in [-0.2, -0.15) is 4.98 Å². The lowest BCUT2D eigenvalue weighted by Crippen LogP contribution is -2.54. The van der Waals surface area contributed by atoms with E-state index in [1.807, 2.05) is 30.1 Å². The van der Waals surface area contributed by atoms with Gasteiger partial charge in [-0.3, -0.25) is 34.2 Å². The molecule has 0 saturated carbocycles. The van der Waals surface area contributed by atoms with E-state index in [9.17, 15) is 28.8 Å². The van der Waals surface area contributed by atoms with Crippen LogP contribution in [0.4, 0.5) is 27.9 Å². The standard InChI is InChI=1S/C44H53N11O6/c1-50-21-22-54(44(50)61)32-3-2-16-53(26-32)43-46-24-35(38(45)57)39(49-43)47-30-6-4-28(5-7-30)29-14-17-51(18-15-29)25-27-12-19-52(20-13-27)31-8-9-33-34(23-31)42(60)55(41(33)59)36-10-11-37(56)48-40(36)58/h4-9,23-24,27,29,32,36H,2-3,10-22,25-26H2,1H3,(H2,45,57)(H,46,47,49)(H,48,56,58)/t32-,36?/m1/s1. The molecule has 5 fully saturated rings. The second kappa shape index (κ2) is 16.7. The zero-order valence-electron chi connectivity index (χ0n) is 34.6. The van der Waals surface area contributed by atoms with Gasteiger partial charge in [-0.25, -0.2) is 9.78 Å². The average molecular weight is 832 g/mol. The van der Waals surface area contributed by atoms with E-state index in [0.717, 1.165) is 101 Å². The maximum Gasteiger partial charge on any atom is 0.320 e. The van der Waals surface area contributed by atoms with Crippen LogP contribution in [-0.2, 0) is 9.59 Å². The number of likely N-dealkylation sites (tertiary alicyclic amines) is 1. The molecule has 17 nitrogen and oxygen atoms in total. The van der Waals surface area contributed by atoms with Crippen molar-refractivity contribution in [2.24, 2.45) is 11.7 Å². The fraction of sp³-hybridized carbons (Fsp3) is 0.500. The summed E-state index contributed by atoms with van der Waals surface area (Å²) >= 11 is 0. The van der Waals surface area contributed by atoms with Crippen molar-refractivity contribution in [3.63, 3.8) is 0 Å². The lowest BCUT2D eigenvalue weighted by atomic mass is 9.88. The molecule has 5 saturated heterocycles. The largest absolute Gasteiger partial charge is 0.371 e. The number of carbonyl (C=O) groups is 6. The van der Waals surface area contributed by atoms with Crippen molar-refractivity contribution in [1.29, 1.82) is 0 Å². The third-order valence-electron chi connectivity index (χ3n) is 13.6. The molecule has 17 heteroatoms. The molecule has 320 valence electrons. The summed E-state index contributed by atoms with van der Waals surface area (Å²) in [5, 5.41) is 5.57. The van der Waals surface area contributed by atoms with Gasteiger partial charge in [0.05, 0.1) is 17.2 Å². The molecule has 0 radical (unpaired) electrons. The Bertz CT molecular complexity index is 2240. The maximum absolute atomic E-state index is 13.4. The van der Waals surface area contributed by atoms with Crippen LogP contribution < -0.4 is 26.2 Å². The van der Waals surface area contributed by atoms with Crippen LogP contribution in [0.15, 0.2) is 48.7 Å². The molecule has 61 heavy (non-hydrogen) atoms. The van der Waals surface area contributed by atoms with Gasteiger partial charge in [0.2, 0.25) is 17.8 Å². The molecule has 1 aromatic heterocycles. The quantitative estimate of drug-likeness (QED) is 0.253. The number of rotatable bonds is 10. The highest BCUT2D eigenvalue weighted by molar-refractivity contribution is 6.23. The van der Waals surface area contributed by atoms with Crippen LogP contribution in [-0.4, -0.2) is 143 Å². The number of aromatic nitrogens is 2. The lowest BCUT2D eigenvalue weighted by molar-refractivity contribution is -0.136. The van der Waals surface area contributed by atoms with Crippen LogP contribution in [0.25, 0.3) is 0 Å². The molecule has 2 atom stereocenters. The Morgan fingerprint density at radius 2 is 1.59 bits per heavy atom. The number of urea groups is 1. The Balaban J connectivity index is 0.754. The number of nitrogens with two attached hydrogens (primary N) is 1. The summed E-state index contributed by atoms with van der Waals surface area (Å²) in [7, 11) is 1.83. The molecule has 6 aliphatic rings. The summed E-state index contributed by atoms with van der Waals surface area (Å²) in [5.41, 5.74) is 9.56. The highest BCUT2D eigenvalue weighted by atomic mass is 16.2. The van der Waals surface area contributed by atoms with Crippen LogP contribution in [0.2, 0.25) is 0 Å². The molecule has 7 heterocycles. The van der Waals surface area contributed by atoms with Crippen LogP contribution in [0, 0.1) is 5.92 Å². The molecule has 0 aliphatic carbocycles. The molecule has 3 aromatic rings. The molecule has 0 spiro atoms. The number of carbonyl (C=O) groups excluding carboxylic acids is 6. The second-order valence-corrected chi connectivity index (χ2v) is 17.4. The zero-order chi connectivity index (χ0) is 42.4.